The second-order valence-corrected chi connectivity index (χ2v) is 4.57. The van der Waals surface area contributed by atoms with Crippen molar-refractivity contribution in [1.29, 1.82) is 0 Å². The summed E-state index contributed by atoms with van der Waals surface area (Å²) in [7, 11) is 2.11. The molecule has 5 heteroatoms. The summed E-state index contributed by atoms with van der Waals surface area (Å²) in [5.41, 5.74) is 0.859. The zero-order chi connectivity index (χ0) is 11.4. The van der Waals surface area contributed by atoms with Crippen molar-refractivity contribution < 1.29 is 0 Å². The molecule has 0 spiro atoms. The lowest BCUT2D eigenvalue weighted by Gasteiger charge is -2.31. The predicted molar refractivity (Wildman–Crippen MR) is 64.4 cm³/mol. The van der Waals surface area contributed by atoms with Crippen molar-refractivity contribution >= 4 is 11.6 Å². The zero-order valence-corrected chi connectivity index (χ0v) is 10.2. The molecule has 0 radical (unpaired) electrons. The number of hydrogen-bond donors (Lipinski definition) is 1. The molecule has 0 aromatic carbocycles. The normalized spacial score (nSPS) is 21.3. The van der Waals surface area contributed by atoms with Crippen LogP contribution in [0.5, 0.6) is 0 Å². The van der Waals surface area contributed by atoms with Crippen LogP contribution >= 0.6 is 11.6 Å². The first-order chi connectivity index (χ1) is 7.77. The van der Waals surface area contributed by atoms with Crippen molar-refractivity contribution in [2.45, 2.75) is 25.4 Å². The molecule has 2 rings (SSSR count). The van der Waals surface area contributed by atoms with Crippen LogP contribution in [0, 0.1) is 0 Å². The van der Waals surface area contributed by atoms with Crippen LogP contribution in [-0.2, 0) is 6.54 Å². The third-order valence-electron chi connectivity index (χ3n) is 3.02. The quantitative estimate of drug-likeness (QED) is 0.865. The SMILES string of the molecule is CN(Cc1nccnc1Cl)[C@@H]1CCCNC1. The van der Waals surface area contributed by atoms with Crippen molar-refractivity contribution in [2.24, 2.45) is 0 Å². The molecule has 88 valence electrons. The Morgan fingerprint density at radius 3 is 3.00 bits per heavy atom. The van der Waals surface area contributed by atoms with Crippen LogP contribution in [0.2, 0.25) is 5.15 Å². The second-order valence-electron chi connectivity index (χ2n) is 4.21. The molecule has 0 bridgehead atoms. The van der Waals surface area contributed by atoms with Crippen molar-refractivity contribution in [2.75, 3.05) is 20.1 Å². The van der Waals surface area contributed by atoms with Crippen LogP contribution in [0.25, 0.3) is 0 Å². The van der Waals surface area contributed by atoms with Gasteiger partial charge in [0.2, 0.25) is 0 Å². The van der Waals surface area contributed by atoms with Crippen LogP contribution in [0.4, 0.5) is 0 Å². The minimum atomic E-state index is 0.512. The molecule has 0 amide bonds. The van der Waals surface area contributed by atoms with Gasteiger partial charge >= 0.3 is 0 Å². The molecule has 1 aromatic rings. The minimum absolute atomic E-state index is 0.512. The van der Waals surface area contributed by atoms with Crippen LogP contribution in [-0.4, -0.2) is 41.0 Å². The molecule has 1 aliphatic rings. The highest BCUT2D eigenvalue weighted by Gasteiger charge is 2.18. The Morgan fingerprint density at radius 2 is 2.31 bits per heavy atom. The van der Waals surface area contributed by atoms with Crippen LogP contribution in [0.3, 0.4) is 0 Å². The fourth-order valence-electron chi connectivity index (χ4n) is 2.03. The monoisotopic (exact) mass is 240 g/mol. The third-order valence-corrected chi connectivity index (χ3v) is 3.33. The summed E-state index contributed by atoms with van der Waals surface area (Å²) in [5, 5.41) is 3.92. The Balaban J connectivity index is 1.96. The largest absolute Gasteiger partial charge is 0.315 e. The Kier molecular flexibility index (Phi) is 4.09. The molecule has 16 heavy (non-hydrogen) atoms. The number of hydrogen-bond acceptors (Lipinski definition) is 4. The van der Waals surface area contributed by atoms with Crippen molar-refractivity contribution in [1.82, 2.24) is 20.2 Å². The maximum atomic E-state index is 5.99. The average Bonchev–Trinajstić information content (AvgIpc) is 2.33. The van der Waals surface area contributed by atoms with Gasteiger partial charge in [-0.05, 0) is 26.4 Å². The number of likely N-dealkylation sites (N-methyl/N-ethyl adjacent to an activating group) is 1. The molecule has 0 unspecified atom stereocenters. The van der Waals surface area contributed by atoms with Gasteiger partial charge in [-0.1, -0.05) is 11.6 Å². The minimum Gasteiger partial charge on any atom is -0.315 e. The van der Waals surface area contributed by atoms with Gasteiger partial charge in [-0.2, -0.15) is 0 Å². The standard InChI is InChI=1S/C11H17ClN4/c1-16(9-3-2-4-13-7-9)8-10-11(12)15-6-5-14-10/h5-6,9,13H,2-4,7-8H2,1H3/t9-/m1/s1. The van der Waals surface area contributed by atoms with Gasteiger partial charge in [0.15, 0.2) is 5.15 Å². The molecule has 1 atom stereocenters. The summed E-state index contributed by atoms with van der Waals surface area (Å²) >= 11 is 5.99. The maximum absolute atomic E-state index is 5.99. The summed E-state index contributed by atoms with van der Waals surface area (Å²) in [6.07, 6.45) is 5.78. The number of rotatable bonds is 3. The zero-order valence-electron chi connectivity index (χ0n) is 9.49. The first-order valence-electron chi connectivity index (χ1n) is 5.63. The van der Waals surface area contributed by atoms with E-state index in [1.54, 1.807) is 12.4 Å². The van der Waals surface area contributed by atoms with Crippen LogP contribution in [0.1, 0.15) is 18.5 Å². The predicted octanol–water partition coefficient (Wildman–Crippen LogP) is 1.31. The Labute approximate surface area is 101 Å². The van der Waals surface area contributed by atoms with Gasteiger partial charge in [-0.15, -0.1) is 0 Å². The van der Waals surface area contributed by atoms with Gasteiger partial charge in [0.25, 0.3) is 0 Å². The van der Waals surface area contributed by atoms with E-state index in [0.29, 0.717) is 11.2 Å². The van der Waals surface area contributed by atoms with E-state index in [1.807, 2.05) is 0 Å². The third kappa shape index (κ3) is 2.90. The van der Waals surface area contributed by atoms with Gasteiger partial charge < -0.3 is 5.32 Å². The van der Waals surface area contributed by atoms with Crippen LogP contribution < -0.4 is 5.32 Å². The van der Waals surface area contributed by atoms with Crippen molar-refractivity contribution in [3.05, 3.63) is 23.2 Å². The molecule has 1 fully saturated rings. The molecule has 0 saturated carbocycles. The van der Waals surface area contributed by atoms with E-state index in [-0.39, 0.29) is 0 Å². The number of piperidine rings is 1. The molecule has 2 heterocycles. The van der Waals surface area contributed by atoms with Crippen molar-refractivity contribution in [3.63, 3.8) is 0 Å². The first-order valence-corrected chi connectivity index (χ1v) is 6.01. The van der Waals surface area contributed by atoms with Crippen molar-refractivity contribution in [3.8, 4) is 0 Å². The summed E-state index contributed by atoms with van der Waals surface area (Å²) in [6.45, 7) is 2.95. The highest BCUT2D eigenvalue weighted by molar-refractivity contribution is 6.29. The van der Waals surface area contributed by atoms with E-state index in [4.69, 9.17) is 11.6 Å². The number of nitrogens with one attached hydrogen (secondary N) is 1. The summed E-state index contributed by atoms with van der Waals surface area (Å²) in [5.74, 6) is 0. The first kappa shape index (κ1) is 11.8. The summed E-state index contributed by atoms with van der Waals surface area (Å²) in [6, 6.07) is 0.576. The van der Waals surface area contributed by atoms with Gasteiger partial charge in [0.05, 0.1) is 5.69 Å². The van der Waals surface area contributed by atoms with Gasteiger partial charge in [0, 0.05) is 31.5 Å². The summed E-state index contributed by atoms with van der Waals surface area (Å²) < 4.78 is 0. The molecular weight excluding hydrogens is 224 g/mol. The number of halogens is 1. The Bertz CT molecular complexity index is 339. The smallest absolute Gasteiger partial charge is 0.151 e. The van der Waals surface area contributed by atoms with E-state index >= 15 is 0 Å². The molecule has 0 aliphatic carbocycles. The van der Waals surface area contributed by atoms with E-state index in [0.717, 1.165) is 25.3 Å². The molecule has 1 aromatic heterocycles. The van der Waals surface area contributed by atoms with E-state index in [2.05, 4.69) is 27.2 Å². The highest BCUT2D eigenvalue weighted by Crippen LogP contribution is 2.15. The highest BCUT2D eigenvalue weighted by atomic mass is 35.5. The number of nitrogens with zero attached hydrogens (tertiary/aromatic N) is 3. The molecule has 4 nitrogen and oxygen atoms in total. The lowest BCUT2D eigenvalue weighted by Crippen LogP contribution is -2.43. The van der Waals surface area contributed by atoms with Crippen LogP contribution in [0.15, 0.2) is 12.4 Å². The Hall–Kier alpha value is -0.710. The molecule has 1 aliphatic heterocycles. The molecular formula is C11H17ClN4. The fourth-order valence-corrected chi connectivity index (χ4v) is 2.20. The molecule has 1 N–H and O–H groups in total. The fraction of sp³-hybridized carbons (Fsp3) is 0.636. The average molecular weight is 241 g/mol. The van der Waals surface area contributed by atoms with E-state index in [9.17, 15) is 0 Å². The van der Waals surface area contributed by atoms with Gasteiger partial charge in [0.1, 0.15) is 0 Å². The maximum Gasteiger partial charge on any atom is 0.151 e. The second kappa shape index (κ2) is 5.57. The number of aromatic nitrogens is 2. The van der Waals surface area contributed by atoms with Gasteiger partial charge in [-0.3, -0.25) is 9.88 Å². The Morgan fingerprint density at radius 1 is 1.50 bits per heavy atom. The lowest BCUT2D eigenvalue weighted by molar-refractivity contribution is 0.194. The van der Waals surface area contributed by atoms with Gasteiger partial charge in [-0.25, -0.2) is 4.98 Å². The lowest BCUT2D eigenvalue weighted by atomic mass is 10.1. The van der Waals surface area contributed by atoms with E-state index < -0.39 is 0 Å². The van der Waals surface area contributed by atoms with E-state index in [1.165, 1.54) is 12.8 Å². The topological polar surface area (TPSA) is 41.1 Å². The molecule has 1 saturated heterocycles. The summed E-state index contributed by atoms with van der Waals surface area (Å²) in [4.78, 5) is 10.6.